The molecule has 0 aliphatic carbocycles. The third-order valence-corrected chi connectivity index (χ3v) is 5.69. The Balaban J connectivity index is 1.85. The van der Waals surface area contributed by atoms with Gasteiger partial charge in [0.05, 0.1) is 5.60 Å². The molecular weight excluding hydrogens is 380 g/mol. The number of nitrogens with one attached hydrogen (secondary N) is 1. The minimum Gasteiger partial charge on any atom is -0.370 e. The number of benzene rings is 1. The van der Waals surface area contributed by atoms with E-state index in [0.717, 1.165) is 45.3 Å². The van der Waals surface area contributed by atoms with Gasteiger partial charge in [-0.3, -0.25) is 4.98 Å². The van der Waals surface area contributed by atoms with Gasteiger partial charge in [-0.25, -0.2) is 4.79 Å². The largest absolute Gasteiger partial charge is 0.370 e. The number of rotatable bonds is 12. The Bertz CT molecular complexity index is 842. The summed E-state index contributed by atoms with van der Waals surface area (Å²) in [5.74, 6) is 0.969. The molecule has 0 aliphatic rings. The molecule has 4 nitrogen and oxygen atoms in total. The molecule has 1 atom stereocenters. The number of aryl methyl sites for hydroxylation is 1. The van der Waals surface area contributed by atoms with E-state index in [1.807, 2.05) is 0 Å². The molecule has 1 aromatic heterocycles. The molecule has 0 saturated carbocycles. The number of H-pyrrole nitrogens is 1. The fraction of sp³-hybridized carbons (Fsp3) is 0.583. The van der Waals surface area contributed by atoms with Crippen molar-refractivity contribution in [3.63, 3.8) is 0 Å². The number of hydrogen-bond acceptors (Lipinski definition) is 3. The Morgan fingerprint density at radius 1 is 1.03 bits per heavy atom. The minimum absolute atomic E-state index is 0.126. The molecule has 0 saturated heterocycles. The van der Waals surface area contributed by atoms with Crippen molar-refractivity contribution in [1.29, 1.82) is 0 Å². The minimum atomic E-state index is -0.232. The Hall–Kier alpha value is -1.72. The second kappa shape index (κ2) is 11.5. The van der Waals surface area contributed by atoms with Crippen molar-refractivity contribution in [3.8, 4) is 0 Å². The highest BCUT2D eigenvalue weighted by molar-refractivity contribution is 7.71. The molecule has 0 spiro atoms. The van der Waals surface area contributed by atoms with E-state index in [2.05, 4.69) is 63.0 Å². The molecule has 2 aromatic rings. The highest BCUT2D eigenvalue weighted by Gasteiger charge is 2.37. The van der Waals surface area contributed by atoms with Crippen LogP contribution in [0.25, 0.3) is 0 Å². The van der Waals surface area contributed by atoms with E-state index in [1.54, 1.807) is 16.8 Å². The van der Waals surface area contributed by atoms with Crippen LogP contribution < -0.4 is 5.69 Å². The summed E-state index contributed by atoms with van der Waals surface area (Å²) in [7, 11) is 0. The van der Waals surface area contributed by atoms with E-state index < -0.39 is 0 Å². The maximum Gasteiger partial charge on any atom is 0.326 e. The van der Waals surface area contributed by atoms with E-state index in [-0.39, 0.29) is 11.3 Å². The van der Waals surface area contributed by atoms with Gasteiger partial charge in [0.1, 0.15) is 4.64 Å². The Morgan fingerprint density at radius 2 is 1.72 bits per heavy atom. The molecule has 0 amide bonds. The van der Waals surface area contributed by atoms with Crippen LogP contribution >= 0.6 is 12.2 Å². The lowest BCUT2D eigenvalue weighted by Crippen LogP contribution is -2.37. The van der Waals surface area contributed by atoms with Crippen molar-refractivity contribution >= 4 is 12.2 Å². The quantitative estimate of drug-likeness (QED) is 0.337. The van der Waals surface area contributed by atoms with Crippen LogP contribution in [0.15, 0.2) is 47.4 Å². The van der Waals surface area contributed by atoms with Gasteiger partial charge in [0, 0.05) is 19.3 Å². The van der Waals surface area contributed by atoms with Crippen molar-refractivity contribution in [2.75, 3.05) is 6.61 Å². The number of unbranched alkanes of at least 4 members (excludes halogenated alkanes) is 3. The van der Waals surface area contributed by atoms with Gasteiger partial charge < -0.3 is 9.30 Å². The second-order valence-corrected chi connectivity index (χ2v) is 9.01. The zero-order valence-corrected chi connectivity index (χ0v) is 19.1. The number of aromatic amines is 1. The molecule has 1 heterocycles. The highest BCUT2D eigenvalue weighted by Crippen LogP contribution is 2.39. The van der Waals surface area contributed by atoms with Gasteiger partial charge >= 0.3 is 5.69 Å². The second-order valence-electron chi connectivity index (χ2n) is 8.57. The van der Waals surface area contributed by atoms with E-state index in [4.69, 9.17) is 17.0 Å². The molecule has 0 aliphatic heterocycles. The first-order chi connectivity index (χ1) is 13.8. The fourth-order valence-corrected chi connectivity index (χ4v) is 4.08. The van der Waals surface area contributed by atoms with E-state index >= 15 is 0 Å². The van der Waals surface area contributed by atoms with Crippen LogP contribution in [0.3, 0.4) is 0 Å². The third kappa shape index (κ3) is 6.93. The van der Waals surface area contributed by atoms with E-state index in [1.165, 1.54) is 5.56 Å². The molecule has 2 rings (SSSR count). The lowest BCUT2D eigenvalue weighted by Gasteiger charge is -2.40. The predicted molar refractivity (Wildman–Crippen MR) is 123 cm³/mol. The molecule has 1 aromatic carbocycles. The first-order valence-corrected chi connectivity index (χ1v) is 11.2. The summed E-state index contributed by atoms with van der Waals surface area (Å²) in [4.78, 5) is 14.5. The molecule has 0 fully saturated rings. The summed E-state index contributed by atoms with van der Waals surface area (Å²) in [5.41, 5.74) is 0.925. The van der Waals surface area contributed by atoms with Crippen LogP contribution in [-0.2, 0) is 16.9 Å². The summed E-state index contributed by atoms with van der Waals surface area (Å²) in [6, 6.07) is 12.4. The molecule has 1 N–H and O–H groups in total. The van der Waals surface area contributed by atoms with Gasteiger partial charge in [-0.15, -0.1) is 0 Å². The summed E-state index contributed by atoms with van der Waals surface area (Å²) < 4.78 is 8.79. The van der Waals surface area contributed by atoms with Crippen molar-refractivity contribution in [2.24, 2.45) is 11.8 Å². The van der Waals surface area contributed by atoms with Gasteiger partial charge in [0.2, 0.25) is 0 Å². The standard InChI is InChI=1S/C24H36N2O2S/c1-19(2)18-24(20(3)4,21-12-8-7-9-13-21)28-17-11-6-5-10-15-26-16-14-22(29)25-23(26)27/h7-9,12-14,16,19-20H,5-6,10-11,15,17-18H2,1-4H3,(H,25,27,29). The monoisotopic (exact) mass is 416 g/mol. The van der Waals surface area contributed by atoms with E-state index in [9.17, 15) is 4.79 Å². The smallest absolute Gasteiger partial charge is 0.326 e. The molecule has 1 unspecified atom stereocenters. The maximum absolute atomic E-state index is 11.8. The number of hydrogen-bond donors (Lipinski definition) is 1. The van der Waals surface area contributed by atoms with Crippen molar-refractivity contribution in [1.82, 2.24) is 9.55 Å². The van der Waals surface area contributed by atoms with Crippen LogP contribution in [0.2, 0.25) is 0 Å². The van der Waals surface area contributed by atoms with Gasteiger partial charge in [0.25, 0.3) is 0 Å². The summed E-state index contributed by atoms with van der Waals surface area (Å²) in [6.07, 6.45) is 6.98. The van der Waals surface area contributed by atoms with Crippen molar-refractivity contribution in [2.45, 2.75) is 71.9 Å². The average molecular weight is 417 g/mol. The van der Waals surface area contributed by atoms with E-state index in [0.29, 0.717) is 16.5 Å². The van der Waals surface area contributed by atoms with Crippen molar-refractivity contribution < 1.29 is 4.74 Å². The summed E-state index contributed by atoms with van der Waals surface area (Å²) >= 11 is 4.97. The lowest BCUT2D eigenvalue weighted by atomic mass is 9.77. The molecule has 29 heavy (non-hydrogen) atoms. The fourth-order valence-electron chi connectivity index (χ4n) is 3.93. The van der Waals surface area contributed by atoms with Crippen LogP contribution in [0.4, 0.5) is 0 Å². The lowest BCUT2D eigenvalue weighted by molar-refractivity contribution is -0.0990. The third-order valence-electron chi connectivity index (χ3n) is 5.46. The predicted octanol–water partition coefficient (Wildman–Crippen LogP) is 6.08. The highest BCUT2D eigenvalue weighted by atomic mass is 32.1. The van der Waals surface area contributed by atoms with Crippen LogP contribution in [0.5, 0.6) is 0 Å². The van der Waals surface area contributed by atoms with Gasteiger partial charge in [-0.05, 0) is 42.7 Å². The Morgan fingerprint density at radius 3 is 2.34 bits per heavy atom. The molecule has 160 valence electrons. The summed E-state index contributed by atoms with van der Waals surface area (Å²) in [5, 5.41) is 0. The van der Waals surface area contributed by atoms with Crippen LogP contribution in [0, 0.1) is 16.5 Å². The number of ether oxygens (including phenoxy) is 1. The molecule has 5 heteroatoms. The summed E-state index contributed by atoms with van der Waals surface area (Å²) in [6.45, 7) is 10.5. The molecule has 0 radical (unpaired) electrons. The van der Waals surface area contributed by atoms with Gasteiger partial charge in [0.15, 0.2) is 0 Å². The van der Waals surface area contributed by atoms with Gasteiger partial charge in [-0.2, -0.15) is 0 Å². The Labute approximate surface area is 180 Å². The topological polar surface area (TPSA) is 47.0 Å². The molecule has 0 bridgehead atoms. The SMILES string of the molecule is CC(C)CC(OCCCCCCn1ccc(=S)[nH]c1=O)(c1ccccc1)C(C)C. The normalized spacial score (nSPS) is 13.7. The Kier molecular flexibility index (Phi) is 9.31. The average Bonchev–Trinajstić information content (AvgIpc) is 2.68. The molecular formula is C24H36N2O2S. The zero-order chi connectivity index (χ0) is 21.3. The zero-order valence-electron chi connectivity index (χ0n) is 18.3. The number of nitrogens with zero attached hydrogens (tertiary/aromatic N) is 1. The first-order valence-electron chi connectivity index (χ1n) is 10.8. The van der Waals surface area contributed by atoms with Gasteiger partial charge in [-0.1, -0.05) is 83.1 Å². The van der Waals surface area contributed by atoms with Crippen molar-refractivity contribution in [3.05, 3.63) is 63.3 Å². The number of aromatic nitrogens is 2. The maximum atomic E-state index is 11.8. The van der Waals surface area contributed by atoms with Crippen LogP contribution in [0.1, 0.15) is 65.4 Å². The van der Waals surface area contributed by atoms with Crippen LogP contribution in [-0.4, -0.2) is 16.2 Å². The first kappa shape index (κ1) is 23.6.